The maximum Gasteiger partial charge on any atom is 0.260 e. The third-order valence-electron chi connectivity index (χ3n) is 2.84. The molecule has 0 aliphatic carbocycles. The molecular formula is C13H9BN2S. The fourth-order valence-corrected chi connectivity index (χ4v) is 2.72. The van der Waals surface area contributed by atoms with Crippen molar-refractivity contribution in [3.8, 4) is 0 Å². The van der Waals surface area contributed by atoms with Crippen LogP contribution < -0.4 is 4.90 Å². The van der Waals surface area contributed by atoms with Crippen LogP contribution in [0.25, 0.3) is 0 Å². The van der Waals surface area contributed by atoms with Crippen LogP contribution in [0.3, 0.4) is 0 Å². The molecule has 2 aromatic rings. The van der Waals surface area contributed by atoms with Crippen LogP contribution in [-0.2, 0) is 0 Å². The summed E-state index contributed by atoms with van der Waals surface area (Å²) in [5.74, 6) is 0. The van der Waals surface area contributed by atoms with Crippen molar-refractivity contribution < 1.29 is 0 Å². The minimum atomic E-state index is 0.756. The lowest BCUT2D eigenvalue weighted by molar-refractivity contribution is 1.29. The van der Waals surface area contributed by atoms with Crippen LogP contribution in [0.2, 0.25) is 0 Å². The molecule has 0 spiro atoms. The quantitative estimate of drug-likeness (QED) is 0.693. The minimum Gasteiger partial charge on any atom is -0.355 e. The van der Waals surface area contributed by atoms with E-state index in [0.29, 0.717) is 0 Å². The summed E-state index contributed by atoms with van der Waals surface area (Å²) in [7, 11) is 5.46. The Labute approximate surface area is 105 Å². The molecule has 0 fully saturated rings. The Morgan fingerprint density at radius 2 is 2.06 bits per heavy atom. The van der Waals surface area contributed by atoms with Gasteiger partial charge in [0, 0.05) is 10.9 Å². The van der Waals surface area contributed by atoms with E-state index in [4.69, 9.17) is 7.98 Å². The second kappa shape index (κ2) is 3.89. The molecular weight excluding hydrogens is 227 g/mol. The fraction of sp³-hybridized carbons (Fsp3) is 0. The molecule has 1 aliphatic rings. The number of para-hydroxylation sites is 1. The van der Waals surface area contributed by atoms with Crippen LogP contribution in [0, 0.1) is 0 Å². The molecule has 80 valence electrons. The van der Waals surface area contributed by atoms with Gasteiger partial charge in [0.25, 0.3) is 7.98 Å². The Kier molecular flexibility index (Phi) is 2.37. The number of fused-ring (bicyclic) bond motifs is 1. The fourth-order valence-electron chi connectivity index (χ4n) is 2.10. The van der Waals surface area contributed by atoms with Crippen LogP contribution in [-0.4, -0.2) is 13.7 Å². The number of thiophene rings is 1. The molecule has 0 N–H and O–H groups in total. The second-order valence-corrected chi connectivity index (χ2v) is 4.54. The SMILES string of the molecule is [B]N=C1C(=C)N(c2ccsc2)c2ccccc21. The smallest absolute Gasteiger partial charge is 0.260 e. The van der Waals surface area contributed by atoms with Gasteiger partial charge in [0.15, 0.2) is 0 Å². The lowest BCUT2D eigenvalue weighted by atomic mass is 10.1. The molecule has 0 bridgehead atoms. The predicted octanol–water partition coefficient (Wildman–Crippen LogP) is 3.29. The van der Waals surface area contributed by atoms with Crippen molar-refractivity contribution in [2.24, 2.45) is 4.90 Å². The van der Waals surface area contributed by atoms with E-state index in [1.54, 1.807) is 11.3 Å². The summed E-state index contributed by atoms with van der Waals surface area (Å²) in [6.07, 6.45) is 0. The Hall–Kier alpha value is -1.81. The van der Waals surface area contributed by atoms with E-state index in [2.05, 4.69) is 33.9 Å². The molecule has 0 atom stereocenters. The van der Waals surface area contributed by atoms with Crippen LogP contribution in [0.4, 0.5) is 11.4 Å². The van der Waals surface area contributed by atoms with Gasteiger partial charge in [-0.05, 0) is 17.5 Å². The molecule has 0 amide bonds. The van der Waals surface area contributed by atoms with Crippen molar-refractivity contribution in [3.05, 3.63) is 58.9 Å². The number of hydrogen-bond donors (Lipinski definition) is 0. The van der Waals surface area contributed by atoms with Crippen LogP contribution in [0.5, 0.6) is 0 Å². The van der Waals surface area contributed by atoms with E-state index >= 15 is 0 Å². The highest BCUT2D eigenvalue weighted by molar-refractivity contribution is 7.08. The van der Waals surface area contributed by atoms with Gasteiger partial charge < -0.3 is 9.80 Å². The maximum atomic E-state index is 5.46. The van der Waals surface area contributed by atoms with Gasteiger partial charge in [0.05, 0.1) is 22.8 Å². The van der Waals surface area contributed by atoms with Crippen molar-refractivity contribution in [1.82, 2.24) is 0 Å². The summed E-state index contributed by atoms with van der Waals surface area (Å²) in [5.41, 5.74) is 4.80. The van der Waals surface area contributed by atoms with Gasteiger partial charge in [0.1, 0.15) is 0 Å². The highest BCUT2D eigenvalue weighted by atomic mass is 32.1. The standard InChI is InChI=1S/C13H9BN2S/c1-9-13(15-14)11-4-2-3-5-12(11)16(9)10-6-7-17-8-10/h2-8H,1H2. The molecule has 3 rings (SSSR count). The summed E-state index contributed by atoms with van der Waals surface area (Å²) in [6.45, 7) is 4.08. The van der Waals surface area contributed by atoms with E-state index < -0.39 is 0 Å². The number of nitrogens with zero attached hydrogens (tertiary/aromatic N) is 2. The number of hydrogen-bond acceptors (Lipinski definition) is 3. The summed E-state index contributed by atoms with van der Waals surface area (Å²) < 4.78 is 0. The molecule has 0 unspecified atom stereocenters. The van der Waals surface area contributed by atoms with Crippen molar-refractivity contribution in [1.29, 1.82) is 0 Å². The first kappa shape index (κ1) is 10.4. The van der Waals surface area contributed by atoms with Crippen LogP contribution >= 0.6 is 11.3 Å². The Morgan fingerprint density at radius 1 is 1.24 bits per heavy atom. The molecule has 0 saturated carbocycles. The number of anilines is 2. The molecule has 2 nitrogen and oxygen atoms in total. The molecule has 1 aromatic carbocycles. The highest BCUT2D eigenvalue weighted by Gasteiger charge is 2.28. The first-order valence-electron chi connectivity index (χ1n) is 5.22. The van der Waals surface area contributed by atoms with Crippen LogP contribution in [0.15, 0.2) is 58.3 Å². The van der Waals surface area contributed by atoms with E-state index in [-0.39, 0.29) is 0 Å². The zero-order valence-electron chi connectivity index (χ0n) is 9.13. The normalized spacial score (nSPS) is 16.6. The Bertz CT molecular complexity index is 602. The summed E-state index contributed by atoms with van der Waals surface area (Å²) in [4.78, 5) is 5.93. The molecule has 1 aromatic heterocycles. The van der Waals surface area contributed by atoms with Gasteiger partial charge in [-0.1, -0.05) is 24.8 Å². The summed E-state index contributed by atoms with van der Waals surface area (Å²) in [6, 6.07) is 10.1. The van der Waals surface area contributed by atoms with E-state index in [9.17, 15) is 0 Å². The predicted molar refractivity (Wildman–Crippen MR) is 74.3 cm³/mol. The van der Waals surface area contributed by atoms with Gasteiger partial charge in [-0.25, -0.2) is 0 Å². The van der Waals surface area contributed by atoms with Gasteiger partial charge in [-0.3, -0.25) is 0 Å². The first-order chi connectivity index (χ1) is 8.33. The molecule has 2 radical (unpaired) electrons. The van der Waals surface area contributed by atoms with Crippen molar-refractivity contribution in [2.45, 2.75) is 0 Å². The summed E-state index contributed by atoms with van der Waals surface area (Å²) in [5, 5.41) is 4.13. The molecule has 17 heavy (non-hydrogen) atoms. The third kappa shape index (κ3) is 1.45. The average molecular weight is 236 g/mol. The van der Waals surface area contributed by atoms with E-state index in [1.165, 1.54) is 0 Å². The summed E-state index contributed by atoms with van der Waals surface area (Å²) >= 11 is 1.66. The Morgan fingerprint density at radius 3 is 2.76 bits per heavy atom. The van der Waals surface area contributed by atoms with Gasteiger partial charge >= 0.3 is 0 Å². The van der Waals surface area contributed by atoms with E-state index in [1.807, 2.05) is 23.6 Å². The van der Waals surface area contributed by atoms with Gasteiger partial charge in [-0.15, -0.1) is 0 Å². The lowest BCUT2D eigenvalue weighted by Gasteiger charge is -2.18. The maximum absolute atomic E-state index is 5.46. The minimum absolute atomic E-state index is 0.756. The molecule has 2 heterocycles. The van der Waals surface area contributed by atoms with Gasteiger partial charge in [0.2, 0.25) is 0 Å². The average Bonchev–Trinajstić information content (AvgIpc) is 2.93. The Balaban J connectivity index is 2.23. The zero-order chi connectivity index (χ0) is 11.8. The zero-order valence-corrected chi connectivity index (χ0v) is 9.95. The second-order valence-electron chi connectivity index (χ2n) is 3.76. The van der Waals surface area contributed by atoms with Crippen LogP contribution in [0.1, 0.15) is 5.56 Å². The molecule has 1 aliphatic heterocycles. The molecule has 0 saturated heterocycles. The van der Waals surface area contributed by atoms with Gasteiger partial charge in [-0.2, -0.15) is 11.3 Å². The number of benzene rings is 1. The van der Waals surface area contributed by atoms with Crippen molar-refractivity contribution in [3.63, 3.8) is 0 Å². The third-order valence-corrected chi connectivity index (χ3v) is 3.51. The van der Waals surface area contributed by atoms with E-state index in [0.717, 1.165) is 28.3 Å². The monoisotopic (exact) mass is 236 g/mol. The highest BCUT2D eigenvalue weighted by Crippen LogP contribution is 2.40. The number of allylic oxidation sites excluding steroid dienone is 1. The largest absolute Gasteiger partial charge is 0.355 e. The molecule has 4 heteroatoms. The topological polar surface area (TPSA) is 15.6 Å². The van der Waals surface area contributed by atoms with Crippen molar-refractivity contribution in [2.75, 3.05) is 4.90 Å². The van der Waals surface area contributed by atoms with Crippen molar-refractivity contribution >= 4 is 36.4 Å². The first-order valence-corrected chi connectivity index (χ1v) is 6.16. The number of rotatable bonds is 1. The lowest BCUT2D eigenvalue weighted by Crippen LogP contribution is -2.12.